The second-order valence-electron chi connectivity index (χ2n) is 5.01. The van der Waals surface area contributed by atoms with Gasteiger partial charge in [-0.25, -0.2) is 12.8 Å². The summed E-state index contributed by atoms with van der Waals surface area (Å²) >= 11 is 0. The number of alkyl halides is 3. The van der Waals surface area contributed by atoms with E-state index in [-0.39, 0.29) is 15.8 Å². The second-order valence-corrected chi connectivity index (χ2v) is 6.96. The molecule has 1 aromatic heterocycles. The number of nitrogens with zero attached hydrogens (tertiary/aromatic N) is 1. The topological polar surface area (TPSA) is 47.0 Å². The zero-order valence-electron chi connectivity index (χ0n) is 11.9. The van der Waals surface area contributed by atoms with Crippen LogP contribution >= 0.6 is 0 Å². The minimum atomic E-state index is -4.66. The van der Waals surface area contributed by atoms with E-state index in [1.807, 2.05) is 0 Å². The number of rotatable bonds is 2. The van der Waals surface area contributed by atoms with Crippen LogP contribution in [-0.2, 0) is 16.0 Å². The molecule has 3 nitrogen and oxygen atoms in total. The van der Waals surface area contributed by atoms with E-state index >= 15 is 0 Å². The van der Waals surface area contributed by atoms with Crippen molar-refractivity contribution >= 4 is 20.7 Å². The first kappa shape index (κ1) is 16.4. The van der Waals surface area contributed by atoms with Gasteiger partial charge in [0, 0.05) is 11.6 Å². The Morgan fingerprint density at radius 1 is 0.917 bits per heavy atom. The molecule has 2 aromatic carbocycles. The molecule has 0 radical (unpaired) electrons. The quantitative estimate of drug-likeness (QED) is 0.647. The highest BCUT2D eigenvalue weighted by atomic mass is 32.2. The van der Waals surface area contributed by atoms with Gasteiger partial charge in [-0.15, -0.1) is 0 Å². The van der Waals surface area contributed by atoms with Crippen molar-refractivity contribution in [3.63, 3.8) is 0 Å². The van der Waals surface area contributed by atoms with Crippen LogP contribution in [0.1, 0.15) is 5.56 Å². The molecule has 3 aromatic rings. The van der Waals surface area contributed by atoms with E-state index < -0.39 is 32.3 Å². The van der Waals surface area contributed by atoms with Crippen LogP contribution in [0.5, 0.6) is 0 Å². The molecule has 0 aliphatic rings. The van der Waals surface area contributed by atoms with Gasteiger partial charge in [-0.2, -0.15) is 13.2 Å². The van der Waals surface area contributed by atoms with Crippen LogP contribution in [0.4, 0.5) is 17.6 Å². The van der Waals surface area contributed by atoms with Crippen LogP contribution in [0, 0.1) is 5.82 Å². The maximum absolute atomic E-state index is 13.6. The van der Waals surface area contributed by atoms with Crippen LogP contribution in [0.15, 0.2) is 64.5 Å². The molecule has 0 N–H and O–H groups in total. The molecule has 0 unspecified atom stereocenters. The van der Waals surface area contributed by atoms with Crippen molar-refractivity contribution in [3.8, 4) is 0 Å². The number of para-hydroxylation sites is 1. The van der Waals surface area contributed by atoms with Gasteiger partial charge in [0.2, 0.25) is 9.84 Å². The fourth-order valence-electron chi connectivity index (χ4n) is 2.23. The Bertz CT molecular complexity index is 1030. The molecular formula is C16H9F4NO2S. The molecule has 8 heteroatoms. The number of halogens is 4. The summed E-state index contributed by atoms with van der Waals surface area (Å²) in [5.74, 6) is -0.615. The van der Waals surface area contributed by atoms with Crippen molar-refractivity contribution in [2.24, 2.45) is 0 Å². The number of fused-ring (bicyclic) bond motifs is 1. The zero-order valence-corrected chi connectivity index (χ0v) is 12.7. The van der Waals surface area contributed by atoms with Gasteiger partial charge in [0.1, 0.15) is 11.3 Å². The number of aromatic nitrogens is 1. The molecule has 24 heavy (non-hydrogen) atoms. The lowest BCUT2D eigenvalue weighted by molar-refractivity contribution is -0.137. The Labute approximate surface area is 134 Å². The Balaban J connectivity index is 2.15. The predicted octanol–water partition coefficient (Wildman–Crippen LogP) is 4.23. The summed E-state index contributed by atoms with van der Waals surface area (Å²) in [5, 5.41) is 0.239. The van der Waals surface area contributed by atoms with Gasteiger partial charge in [-0.3, -0.25) is 4.98 Å². The maximum Gasteiger partial charge on any atom is 0.416 e. The summed E-state index contributed by atoms with van der Waals surface area (Å²) in [4.78, 5) is 2.96. The smallest absolute Gasteiger partial charge is 0.252 e. The molecule has 124 valence electrons. The van der Waals surface area contributed by atoms with E-state index in [0.29, 0.717) is 6.07 Å². The van der Waals surface area contributed by atoms with Crippen molar-refractivity contribution in [2.75, 3.05) is 0 Å². The molecule has 0 saturated heterocycles. The van der Waals surface area contributed by atoms with Crippen LogP contribution in [0.25, 0.3) is 10.9 Å². The van der Waals surface area contributed by atoms with Crippen LogP contribution in [0.2, 0.25) is 0 Å². The van der Waals surface area contributed by atoms with Gasteiger partial charge < -0.3 is 0 Å². The van der Waals surface area contributed by atoms with Gasteiger partial charge in [0.15, 0.2) is 0 Å². The average Bonchev–Trinajstić information content (AvgIpc) is 2.54. The van der Waals surface area contributed by atoms with Crippen molar-refractivity contribution < 1.29 is 26.0 Å². The molecule has 0 fully saturated rings. The molecule has 0 spiro atoms. The van der Waals surface area contributed by atoms with E-state index in [0.717, 1.165) is 24.4 Å². The van der Waals surface area contributed by atoms with E-state index in [4.69, 9.17) is 0 Å². The monoisotopic (exact) mass is 355 g/mol. The third-order valence-corrected chi connectivity index (χ3v) is 5.14. The normalized spacial score (nSPS) is 12.5. The third kappa shape index (κ3) is 2.84. The van der Waals surface area contributed by atoms with Crippen LogP contribution < -0.4 is 0 Å². The lowest BCUT2D eigenvalue weighted by Crippen LogP contribution is -2.08. The summed E-state index contributed by atoms with van der Waals surface area (Å²) in [5.41, 5.74) is -1.08. The zero-order chi connectivity index (χ0) is 17.5. The van der Waals surface area contributed by atoms with Crippen molar-refractivity contribution in [1.82, 2.24) is 4.98 Å². The molecule has 3 rings (SSSR count). The first-order chi connectivity index (χ1) is 11.2. The molecule has 0 aliphatic carbocycles. The molecule has 0 atom stereocenters. The van der Waals surface area contributed by atoms with E-state index in [9.17, 15) is 26.0 Å². The van der Waals surface area contributed by atoms with Crippen LogP contribution in [-0.4, -0.2) is 13.4 Å². The molecule has 0 saturated carbocycles. The molecule has 0 aliphatic heterocycles. The van der Waals surface area contributed by atoms with Crippen LogP contribution in [0.3, 0.4) is 0 Å². The maximum atomic E-state index is 13.6. The minimum Gasteiger partial charge on any atom is -0.252 e. The van der Waals surface area contributed by atoms with Gasteiger partial charge >= 0.3 is 6.18 Å². The summed E-state index contributed by atoms with van der Waals surface area (Å²) in [6, 6.07) is 8.65. The largest absolute Gasteiger partial charge is 0.416 e. The number of hydrogen-bond acceptors (Lipinski definition) is 3. The van der Waals surface area contributed by atoms with Crippen molar-refractivity contribution in [3.05, 3.63) is 66.1 Å². The van der Waals surface area contributed by atoms with Gasteiger partial charge in [-0.05, 0) is 30.3 Å². The highest BCUT2D eigenvalue weighted by Gasteiger charge is 2.32. The van der Waals surface area contributed by atoms with E-state index in [1.54, 1.807) is 0 Å². The van der Waals surface area contributed by atoms with Crippen molar-refractivity contribution in [1.29, 1.82) is 0 Å². The first-order valence-electron chi connectivity index (χ1n) is 6.66. The predicted molar refractivity (Wildman–Crippen MR) is 78.6 cm³/mol. The highest BCUT2D eigenvalue weighted by Crippen LogP contribution is 2.32. The Morgan fingerprint density at radius 2 is 1.62 bits per heavy atom. The molecule has 0 amide bonds. The molecule has 1 heterocycles. The van der Waals surface area contributed by atoms with Gasteiger partial charge in [0.25, 0.3) is 0 Å². The summed E-state index contributed by atoms with van der Waals surface area (Å²) in [6.45, 7) is 0. The first-order valence-corrected chi connectivity index (χ1v) is 8.14. The minimum absolute atomic E-state index is 0.0134. The highest BCUT2D eigenvalue weighted by molar-refractivity contribution is 7.91. The lowest BCUT2D eigenvalue weighted by Gasteiger charge is -2.10. The Hall–Kier alpha value is -2.48. The number of hydrogen-bond donors (Lipinski definition) is 0. The van der Waals surface area contributed by atoms with E-state index in [2.05, 4.69) is 4.98 Å². The number of benzene rings is 2. The number of sulfone groups is 1. The number of pyridine rings is 1. The summed E-state index contributed by atoms with van der Waals surface area (Å²) in [7, 11) is -4.21. The average molecular weight is 355 g/mol. The Morgan fingerprint density at radius 3 is 2.33 bits per heavy atom. The standard InChI is InChI=1S/C16H9F4NO2S/c17-14-6-1-3-10-7-13(9-21-15(10)14)24(22,23)12-5-2-4-11(8-12)16(18,19)20/h1-9H. The third-order valence-electron chi connectivity index (χ3n) is 3.42. The molecule has 0 bridgehead atoms. The molecular weight excluding hydrogens is 346 g/mol. The van der Waals surface area contributed by atoms with E-state index in [1.165, 1.54) is 24.3 Å². The fraction of sp³-hybridized carbons (Fsp3) is 0.0625. The fourth-order valence-corrected chi connectivity index (χ4v) is 3.51. The SMILES string of the molecule is O=S(=O)(c1cccc(C(F)(F)F)c1)c1cnc2c(F)cccc2c1. The van der Waals surface area contributed by atoms with Gasteiger partial charge in [-0.1, -0.05) is 18.2 Å². The second kappa shape index (κ2) is 5.55. The summed E-state index contributed by atoms with van der Waals surface area (Å²) < 4.78 is 77.0. The summed E-state index contributed by atoms with van der Waals surface area (Å²) in [6.07, 6.45) is -3.72. The van der Waals surface area contributed by atoms with Crippen molar-refractivity contribution in [2.45, 2.75) is 16.0 Å². The lowest BCUT2D eigenvalue weighted by atomic mass is 10.2. The van der Waals surface area contributed by atoms with Gasteiger partial charge in [0.05, 0.1) is 15.4 Å². The Kier molecular flexibility index (Phi) is 3.79.